The van der Waals surface area contributed by atoms with Crippen LogP contribution in [-0.4, -0.2) is 85.0 Å². The molecule has 3 aliphatic carbocycles. The molecule has 1 saturated heterocycles. The summed E-state index contributed by atoms with van der Waals surface area (Å²) in [5, 5.41) is 9.54. The van der Waals surface area contributed by atoms with Crippen molar-refractivity contribution < 1.29 is 37.2 Å². The highest BCUT2D eigenvalue weighted by Gasteiger charge is 2.62. The minimum absolute atomic E-state index is 0.0176. The van der Waals surface area contributed by atoms with E-state index in [9.17, 15) is 27.6 Å². The third kappa shape index (κ3) is 7.20. The molecule has 14 heteroatoms. The molecule has 2 aliphatic heterocycles. The molecular formula is C39H45N5O8S. The number of rotatable bonds is 6. The molecule has 3 fully saturated rings. The number of cyclic esters (lactones) is 1. The number of nitrogens with one attached hydrogen (secondary N) is 3. The van der Waals surface area contributed by atoms with Crippen LogP contribution in [0.4, 0.5) is 4.79 Å². The van der Waals surface area contributed by atoms with Crippen LogP contribution in [0.15, 0.2) is 66.4 Å². The van der Waals surface area contributed by atoms with Crippen LogP contribution in [0.2, 0.25) is 0 Å². The molecule has 4 bridgehead atoms. The molecule has 0 spiro atoms. The van der Waals surface area contributed by atoms with Crippen LogP contribution in [0, 0.1) is 11.3 Å². The van der Waals surface area contributed by atoms with Gasteiger partial charge in [0.05, 0.1) is 18.4 Å². The number of benzene rings is 2. The summed E-state index contributed by atoms with van der Waals surface area (Å²) >= 11 is 0. The fourth-order valence-electron chi connectivity index (χ4n) is 7.34. The van der Waals surface area contributed by atoms with E-state index in [0.29, 0.717) is 31.4 Å². The molecule has 53 heavy (non-hydrogen) atoms. The van der Waals surface area contributed by atoms with Crippen molar-refractivity contribution in [2.45, 2.75) is 88.3 Å². The molecule has 0 radical (unpaired) electrons. The second-order valence-corrected chi connectivity index (χ2v) is 17.5. The molecule has 2 heterocycles. The quantitative estimate of drug-likeness (QED) is 0.318. The van der Waals surface area contributed by atoms with Crippen molar-refractivity contribution in [3.05, 3.63) is 77.9 Å². The predicted molar refractivity (Wildman–Crippen MR) is 198 cm³/mol. The molecule has 2 aromatic rings. The highest BCUT2D eigenvalue weighted by atomic mass is 32.2. The molecule has 3 N–H and O–H groups in total. The van der Waals surface area contributed by atoms with Gasteiger partial charge in [-0.3, -0.25) is 19.1 Å². The molecule has 2 aromatic carbocycles. The van der Waals surface area contributed by atoms with Gasteiger partial charge in [0.15, 0.2) is 0 Å². The second kappa shape index (κ2) is 13.8. The van der Waals surface area contributed by atoms with Crippen LogP contribution in [0.1, 0.15) is 76.0 Å². The van der Waals surface area contributed by atoms with Crippen molar-refractivity contribution in [1.82, 2.24) is 20.3 Å². The van der Waals surface area contributed by atoms with E-state index in [1.807, 2.05) is 54.6 Å². The Morgan fingerprint density at radius 3 is 2.51 bits per heavy atom. The summed E-state index contributed by atoms with van der Waals surface area (Å²) in [4.78, 5) is 62.8. The van der Waals surface area contributed by atoms with Crippen LogP contribution in [0.3, 0.4) is 0 Å². The lowest BCUT2D eigenvalue weighted by atomic mass is 9.85. The Balaban J connectivity index is 1.22. The van der Waals surface area contributed by atoms with Crippen LogP contribution < -0.4 is 15.4 Å². The molecule has 3 unspecified atom stereocenters. The van der Waals surface area contributed by atoms with Gasteiger partial charge in [0, 0.05) is 23.5 Å². The van der Waals surface area contributed by atoms with Crippen LogP contribution in [0.25, 0.3) is 17.2 Å². The largest absolute Gasteiger partial charge is 0.450 e. The number of carbonyl (C=O) groups is 4. The Hall–Kier alpha value is -4.98. The maximum Gasteiger partial charge on any atom is 0.407 e. The number of nitrogens with zero attached hydrogens (tertiary/aromatic N) is 2. The highest BCUT2D eigenvalue weighted by Crippen LogP contribution is 2.46. The third-order valence-corrected chi connectivity index (χ3v) is 12.4. The van der Waals surface area contributed by atoms with Gasteiger partial charge >= 0.3 is 6.09 Å². The summed E-state index contributed by atoms with van der Waals surface area (Å²) in [5.41, 5.74) is 3.04. The summed E-state index contributed by atoms with van der Waals surface area (Å²) in [7, 11) is -3.89. The van der Waals surface area contributed by atoms with Crippen molar-refractivity contribution in [3.63, 3.8) is 0 Å². The first kappa shape index (κ1) is 36.4. The number of sulfonamides is 1. The number of hydrogen-bond acceptors (Lipinski definition) is 9. The number of fused-ring (bicyclic) bond motifs is 6. The maximum atomic E-state index is 14.5. The first-order chi connectivity index (χ1) is 25.2. The predicted octanol–water partition coefficient (Wildman–Crippen LogP) is 4.02. The van der Waals surface area contributed by atoms with Gasteiger partial charge in [0.25, 0.3) is 5.91 Å². The maximum absolute atomic E-state index is 14.5. The third-order valence-electron chi connectivity index (χ3n) is 10.6. The lowest BCUT2D eigenvalue weighted by Gasteiger charge is -2.35. The number of amides is 4. The monoisotopic (exact) mass is 743 g/mol. The van der Waals surface area contributed by atoms with E-state index in [1.165, 1.54) is 11.0 Å². The minimum atomic E-state index is -3.89. The number of ether oxygens (including phenoxy) is 1. The lowest BCUT2D eigenvalue weighted by molar-refractivity contribution is -0.143. The van der Waals surface area contributed by atoms with Crippen molar-refractivity contribution in [2.24, 2.45) is 16.5 Å². The SMILES string of the molecule is C=C[C@@H]1CC1(NC(=O)C1CC2CN1C(=O)[C@H](C(C)(C)C)NC(=O)OCCC/C=C/c1ccc3c(c1)/C(=N/O2)c1ccccc1-3)C(=O)NS(=O)(=O)C1CC1. The Kier molecular flexibility index (Phi) is 9.46. The van der Waals surface area contributed by atoms with Gasteiger partial charge in [0.2, 0.25) is 21.8 Å². The summed E-state index contributed by atoms with van der Waals surface area (Å²) in [5.74, 6) is -2.56. The van der Waals surface area contributed by atoms with Crippen molar-refractivity contribution in [2.75, 3.05) is 13.2 Å². The Bertz CT molecular complexity index is 2030. The van der Waals surface area contributed by atoms with Crippen LogP contribution >= 0.6 is 0 Å². The van der Waals surface area contributed by atoms with E-state index < -0.39 is 74.1 Å². The smallest absolute Gasteiger partial charge is 0.407 e. The number of oxime groups is 1. The highest BCUT2D eigenvalue weighted by molar-refractivity contribution is 7.91. The fraction of sp³-hybridized carbons (Fsp3) is 0.462. The molecule has 13 nitrogen and oxygen atoms in total. The van der Waals surface area contributed by atoms with Gasteiger partial charge in [-0.1, -0.05) is 80.6 Å². The second-order valence-electron chi connectivity index (χ2n) is 15.6. The molecule has 5 aliphatic rings. The normalized spacial score (nSPS) is 28.7. The van der Waals surface area contributed by atoms with E-state index in [0.717, 1.165) is 27.8 Å². The number of alkyl carbamates (subject to hydrolysis) is 1. The van der Waals surface area contributed by atoms with E-state index in [1.54, 1.807) is 20.8 Å². The van der Waals surface area contributed by atoms with Crippen molar-refractivity contribution in [1.29, 1.82) is 0 Å². The van der Waals surface area contributed by atoms with E-state index in [2.05, 4.69) is 27.1 Å². The van der Waals surface area contributed by atoms with Crippen molar-refractivity contribution >= 4 is 45.6 Å². The van der Waals surface area contributed by atoms with Gasteiger partial charge < -0.3 is 25.1 Å². The number of carbonyl (C=O) groups excluding carboxylic acids is 4. The van der Waals surface area contributed by atoms with Gasteiger partial charge in [-0.15, -0.1) is 6.58 Å². The molecular weight excluding hydrogens is 699 g/mol. The summed E-state index contributed by atoms with van der Waals surface area (Å²) in [6.45, 7) is 9.24. The summed E-state index contributed by atoms with van der Waals surface area (Å²) in [6.07, 6.45) is 6.33. The topological polar surface area (TPSA) is 173 Å². The Labute approximate surface area is 309 Å². The Morgan fingerprint density at radius 1 is 1.08 bits per heavy atom. The molecule has 4 amide bonds. The van der Waals surface area contributed by atoms with Gasteiger partial charge in [-0.05, 0) is 60.3 Å². The lowest BCUT2D eigenvalue weighted by Crippen LogP contribution is -2.60. The minimum Gasteiger partial charge on any atom is -0.450 e. The zero-order chi connectivity index (χ0) is 37.7. The first-order valence-electron chi connectivity index (χ1n) is 18.1. The Morgan fingerprint density at radius 2 is 1.81 bits per heavy atom. The van der Waals surface area contributed by atoms with E-state index in [-0.39, 0.29) is 26.0 Å². The first-order valence-corrected chi connectivity index (χ1v) is 19.7. The number of allylic oxidation sites excluding steroid dienone is 1. The molecule has 7 rings (SSSR count). The van der Waals surface area contributed by atoms with Gasteiger partial charge in [0.1, 0.15) is 29.4 Å². The molecule has 280 valence electrons. The fourth-order valence-corrected chi connectivity index (χ4v) is 8.70. The van der Waals surface area contributed by atoms with Gasteiger partial charge in [-0.25, -0.2) is 13.2 Å². The standard InChI is InChI=1S/C39H45N5O8S/c1-5-24-21-39(24,36(47)43-53(49,50)26-15-16-26)41-34(45)31-20-25-22-44(31)35(46)33(38(2,3)4)40-37(48)51-18-10-6-7-11-23-14-17-28-27-12-8-9-13-29(27)32(42-52-25)30(28)19-23/h5,7-9,11-14,17,19,24-26,31,33H,1,6,10,15-16,18,20-22H2,2-4H3,(H,40,48)(H,41,45)(H,43,47)/b11-7+,42-32+/t24-,25?,31?,33-,39?/m1/s1. The molecule has 2 saturated carbocycles. The number of hydrogen-bond donors (Lipinski definition) is 3. The zero-order valence-corrected chi connectivity index (χ0v) is 30.9. The molecule has 5 atom stereocenters. The van der Waals surface area contributed by atoms with Crippen molar-refractivity contribution in [3.8, 4) is 11.1 Å². The summed E-state index contributed by atoms with van der Waals surface area (Å²) in [6, 6.07) is 11.8. The van der Waals surface area contributed by atoms with E-state index >= 15 is 0 Å². The van der Waals surface area contributed by atoms with Crippen LogP contribution in [0.5, 0.6) is 0 Å². The average molecular weight is 744 g/mol. The van der Waals surface area contributed by atoms with Crippen LogP contribution in [-0.2, 0) is 34.0 Å². The average Bonchev–Trinajstić information content (AvgIpc) is 4.03. The van der Waals surface area contributed by atoms with Gasteiger partial charge in [-0.2, -0.15) is 0 Å². The van der Waals surface area contributed by atoms with E-state index in [4.69, 9.17) is 9.57 Å². The zero-order valence-electron chi connectivity index (χ0n) is 30.1. The molecule has 0 aromatic heterocycles. The summed E-state index contributed by atoms with van der Waals surface area (Å²) < 4.78 is 33.0.